The van der Waals surface area contributed by atoms with Gasteiger partial charge in [0.2, 0.25) is 0 Å². The maximum Gasteiger partial charge on any atom is 0.264 e. The quantitative estimate of drug-likeness (QED) is 0.840. The normalized spacial score (nSPS) is 15.0. The monoisotopic (exact) mass is 313 g/mol. The van der Waals surface area contributed by atoms with Gasteiger partial charge < -0.3 is 0 Å². The van der Waals surface area contributed by atoms with Crippen LogP contribution in [0.5, 0.6) is 0 Å². The molecule has 1 heterocycles. The van der Waals surface area contributed by atoms with Gasteiger partial charge in [-0.1, -0.05) is 42.0 Å². The summed E-state index contributed by atoms with van der Waals surface area (Å²) in [6, 6.07) is 14.7. The van der Waals surface area contributed by atoms with Crippen LogP contribution in [-0.4, -0.2) is 15.0 Å². The molecule has 0 N–H and O–H groups in total. The molecule has 1 aliphatic rings. The number of benzene rings is 2. The molecule has 1 aliphatic heterocycles. The zero-order valence-electron chi connectivity index (χ0n) is 12.8. The van der Waals surface area contributed by atoms with Gasteiger partial charge in [-0.3, -0.25) is 4.31 Å². The number of hydrogen-bond donors (Lipinski definition) is 0. The van der Waals surface area contributed by atoms with Crippen molar-refractivity contribution in [2.24, 2.45) is 0 Å². The molecule has 0 spiro atoms. The summed E-state index contributed by atoms with van der Waals surface area (Å²) < 4.78 is 27.6. The lowest BCUT2D eigenvalue weighted by Gasteiger charge is -2.25. The van der Waals surface area contributed by atoms with Crippen molar-refractivity contribution in [2.45, 2.75) is 25.2 Å². The first-order chi connectivity index (χ1) is 10.5. The number of rotatable bonds is 2. The lowest BCUT2D eigenvalue weighted by Crippen LogP contribution is -2.31. The first kappa shape index (κ1) is 14.9. The number of hydrogen-bond acceptors (Lipinski definition) is 2. The van der Waals surface area contributed by atoms with E-state index in [9.17, 15) is 8.42 Å². The van der Waals surface area contributed by atoms with Gasteiger partial charge in [-0.15, -0.1) is 0 Å². The largest absolute Gasteiger partial charge is 0.265 e. The first-order valence-electron chi connectivity index (χ1n) is 7.36. The SMILES string of the molecule is CC1=CCCN(S(=O)(=O)c2ccc(C)cc2)c2ccccc21. The average Bonchev–Trinajstić information content (AvgIpc) is 2.68. The molecular formula is C18H19NO2S. The number of aryl methyl sites for hydroxylation is 1. The molecule has 0 fully saturated rings. The highest BCUT2D eigenvalue weighted by molar-refractivity contribution is 7.92. The highest BCUT2D eigenvalue weighted by Crippen LogP contribution is 2.33. The molecule has 0 unspecified atom stereocenters. The molecule has 0 atom stereocenters. The first-order valence-corrected chi connectivity index (χ1v) is 8.80. The van der Waals surface area contributed by atoms with Crippen molar-refractivity contribution < 1.29 is 8.42 Å². The maximum absolute atomic E-state index is 13.0. The number of sulfonamides is 1. The van der Waals surface area contributed by atoms with Crippen LogP contribution >= 0.6 is 0 Å². The molecule has 2 aromatic rings. The summed E-state index contributed by atoms with van der Waals surface area (Å²) >= 11 is 0. The van der Waals surface area contributed by atoms with Crippen LogP contribution in [0.2, 0.25) is 0 Å². The molecule has 3 rings (SSSR count). The van der Waals surface area contributed by atoms with Crippen LogP contribution in [0.15, 0.2) is 59.5 Å². The van der Waals surface area contributed by atoms with Crippen LogP contribution in [0.1, 0.15) is 24.5 Å². The van der Waals surface area contributed by atoms with E-state index >= 15 is 0 Å². The number of allylic oxidation sites excluding steroid dienone is 1. The van der Waals surface area contributed by atoms with Gasteiger partial charge in [-0.25, -0.2) is 8.42 Å². The van der Waals surface area contributed by atoms with Crippen molar-refractivity contribution in [2.75, 3.05) is 10.8 Å². The minimum absolute atomic E-state index is 0.340. The summed E-state index contributed by atoms with van der Waals surface area (Å²) in [7, 11) is -3.54. The Hall–Kier alpha value is -2.07. The van der Waals surface area contributed by atoms with Crippen molar-refractivity contribution in [3.63, 3.8) is 0 Å². The molecule has 0 bridgehead atoms. The maximum atomic E-state index is 13.0. The zero-order chi connectivity index (χ0) is 15.7. The minimum atomic E-state index is -3.54. The number of nitrogens with zero attached hydrogens (tertiary/aromatic N) is 1. The van der Waals surface area contributed by atoms with Crippen LogP contribution in [0.3, 0.4) is 0 Å². The van der Waals surface area contributed by atoms with Gasteiger partial charge in [0.15, 0.2) is 0 Å². The predicted molar refractivity (Wildman–Crippen MR) is 90.4 cm³/mol. The van der Waals surface area contributed by atoms with E-state index < -0.39 is 10.0 Å². The smallest absolute Gasteiger partial charge is 0.264 e. The third kappa shape index (κ3) is 2.55. The van der Waals surface area contributed by atoms with Gasteiger partial charge in [0.1, 0.15) is 0 Å². The molecule has 0 saturated carbocycles. The van der Waals surface area contributed by atoms with E-state index in [0.29, 0.717) is 17.9 Å². The Morgan fingerprint density at radius 2 is 1.64 bits per heavy atom. The zero-order valence-corrected chi connectivity index (χ0v) is 13.6. The van der Waals surface area contributed by atoms with Crippen LogP contribution in [0.25, 0.3) is 5.57 Å². The molecule has 0 aromatic heterocycles. The molecule has 4 heteroatoms. The van der Waals surface area contributed by atoms with E-state index in [1.54, 1.807) is 12.1 Å². The molecule has 0 radical (unpaired) electrons. The standard InChI is InChI=1S/C18H19NO2S/c1-14-9-11-16(12-10-14)22(20,21)19-13-5-6-15(2)17-7-3-4-8-18(17)19/h3-4,6-12H,5,13H2,1-2H3. The van der Waals surface area contributed by atoms with E-state index in [2.05, 4.69) is 6.08 Å². The van der Waals surface area contributed by atoms with Crippen LogP contribution in [0.4, 0.5) is 5.69 Å². The molecule has 0 aliphatic carbocycles. The van der Waals surface area contributed by atoms with Gasteiger partial charge in [0.05, 0.1) is 10.6 Å². The minimum Gasteiger partial charge on any atom is -0.265 e. The van der Waals surface area contributed by atoms with Gasteiger partial charge in [-0.05, 0) is 44.0 Å². The number of para-hydroxylation sites is 1. The fourth-order valence-electron chi connectivity index (χ4n) is 2.74. The predicted octanol–water partition coefficient (Wildman–Crippen LogP) is 4.00. The Balaban J connectivity index is 2.12. The second-order valence-corrected chi connectivity index (χ2v) is 7.45. The molecule has 22 heavy (non-hydrogen) atoms. The topological polar surface area (TPSA) is 37.4 Å². The van der Waals surface area contributed by atoms with Crippen molar-refractivity contribution in [3.8, 4) is 0 Å². The summed E-state index contributed by atoms with van der Waals surface area (Å²) in [6.45, 7) is 4.44. The molecule has 0 saturated heterocycles. The highest BCUT2D eigenvalue weighted by atomic mass is 32.2. The summed E-state index contributed by atoms with van der Waals surface area (Å²) in [4.78, 5) is 0.340. The average molecular weight is 313 g/mol. The van der Waals surface area contributed by atoms with E-state index in [4.69, 9.17) is 0 Å². The number of fused-ring (bicyclic) bond motifs is 1. The Morgan fingerprint density at radius 3 is 2.36 bits per heavy atom. The summed E-state index contributed by atoms with van der Waals surface area (Å²) in [5.74, 6) is 0. The molecular weight excluding hydrogens is 294 g/mol. The summed E-state index contributed by atoms with van der Waals surface area (Å²) in [6.07, 6.45) is 2.81. The Morgan fingerprint density at radius 1 is 0.955 bits per heavy atom. The van der Waals surface area contributed by atoms with Crippen molar-refractivity contribution >= 4 is 21.3 Å². The van der Waals surface area contributed by atoms with Gasteiger partial charge in [0.25, 0.3) is 10.0 Å². The van der Waals surface area contributed by atoms with Gasteiger partial charge in [0, 0.05) is 12.1 Å². The van der Waals surface area contributed by atoms with E-state index in [-0.39, 0.29) is 0 Å². The Labute approximate surface area is 132 Å². The second-order valence-electron chi connectivity index (χ2n) is 5.58. The van der Waals surface area contributed by atoms with E-state index in [1.165, 1.54) is 4.31 Å². The summed E-state index contributed by atoms with van der Waals surface area (Å²) in [5, 5.41) is 0. The van der Waals surface area contributed by atoms with Crippen molar-refractivity contribution in [1.29, 1.82) is 0 Å². The third-order valence-electron chi connectivity index (χ3n) is 3.99. The van der Waals surface area contributed by atoms with Gasteiger partial charge >= 0.3 is 0 Å². The Kier molecular flexibility index (Phi) is 3.79. The molecule has 0 amide bonds. The summed E-state index contributed by atoms with van der Waals surface area (Å²) in [5.41, 5.74) is 3.91. The molecule has 3 nitrogen and oxygen atoms in total. The fraction of sp³-hybridized carbons (Fsp3) is 0.222. The van der Waals surface area contributed by atoms with Crippen molar-refractivity contribution in [1.82, 2.24) is 0 Å². The lowest BCUT2D eigenvalue weighted by molar-refractivity contribution is 0.591. The molecule has 2 aromatic carbocycles. The van der Waals surface area contributed by atoms with Crippen LogP contribution in [0, 0.1) is 6.92 Å². The number of anilines is 1. The Bertz CT molecular complexity index is 820. The second kappa shape index (κ2) is 5.61. The van der Waals surface area contributed by atoms with Crippen LogP contribution in [-0.2, 0) is 10.0 Å². The third-order valence-corrected chi connectivity index (χ3v) is 5.82. The van der Waals surface area contributed by atoms with Crippen molar-refractivity contribution in [3.05, 3.63) is 65.7 Å². The molecule has 114 valence electrons. The van der Waals surface area contributed by atoms with E-state index in [1.807, 2.05) is 50.2 Å². The highest BCUT2D eigenvalue weighted by Gasteiger charge is 2.27. The van der Waals surface area contributed by atoms with Crippen LogP contribution < -0.4 is 4.31 Å². The fourth-order valence-corrected chi connectivity index (χ4v) is 4.24. The lowest BCUT2D eigenvalue weighted by atomic mass is 10.1. The van der Waals surface area contributed by atoms with E-state index in [0.717, 1.165) is 22.4 Å². The van der Waals surface area contributed by atoms with Gasteiger partial charge in [-0.2, -0.15) is 0 Å².